The number of esters is 1. The number of nitrogens with zero attached hydrogens (tertiary/aromatic N) is 1. The van der Waals surface area contributed by atoms with Crippen molar-refractivity contribution in [1.29, 1.82) is 0 Å². The summed E-state index contributed by atoms with van der Waals surface area (Å²) in [5.74, 6) is 0.342. The highest BCUT2D eigenvalue weighted by Gasteiger charge is 2.47. The second-order valence-electron chi connectivity index (χ2n) is 7.14. The van der Waals surface area contributed by atoms with Crippen molar-refractivity contribution in [2.75, 3.05) is 19.8 Å². The van der Waals surface area contributed by atoms with Crippen LogP contribution in [0.15, 0.2) is 0 Å². The first kappa shape index (κ1) is 16.7. The zero-order valence-electron chi connectivity index (χ0n) is 14.2. The molecule has 3 rings (SSSR count). The Kier molecular flexibility index (Phi) is 5.57. The van der Waals surface area contributed by atoms with Crippen molar-refractivity contribution in [3.63, 3.8) is 0 Å². The fourth-order valence-corrected chi connectivity index (χ4v) is 4.01. The molecule has 2 saturated carbocycles. The van der Waals surface area contributed by atoms with Gasteiger partial charge in [-0.3, -0.25) is 9.59 Å². The van der Waals surface area contributed by atoms with Crippen molar-refractivity contribution >= 4 is 11.9 Å². The topological polar surface area (TPSA) is 55.8 Å². The number of ether oxygens (including phenoxy) is 2. The number of hydrogen-bond acceptors (Lipinski definition) is 4. The van der Waals surface area contributed by atoms with Crippen molar-refractivity contribution in [2.45, 2.75) is 70.4 Å². The minimum Gasteiger partial charge on any atom is -0.466 e. The van der Waals surface area contributed by atoms with E-state index < -0.39 is 0 Å². The molecule has 0 aromatic heterocycles. The van der Waals surface area contributed by atoms with E-state index in [2.05, 4.69) is 4.90 Å². The molecule has 2 aliphatic carbocycles. The van der Waals surface area contributed by atoms with Crippen LogP contribution in [0, 0.1) is 11.8 Å². The summed E-state index contributed by atoms with van der Waals surface area (Å²) < 4.78 is 10.7. The third-order valence-corrected chi connectivity index (χ3v) is 5.45. The largest absolute Gasteiger partial charge is 0.466 e. The summed E-state index contributed by atoms with van der Waals surface area (Å²) in [6.07, 6.45) is 8.28. The average molecular weight is 323 g/mol. The summed E-state index contributed by atoms with van der Waals surface area (Å²) in [5, 5.41) is 0. The second-order valence-corrected chi connectivity index (χ2v) is 7.14. The first-order valence-corrected chi connectivity index (χ1v) is 9.29. The normalized spacial score (nSPS) is 30.9. The zero-order chi connectivity index (χ0) is 16.2. The van der Waals surface area contributed by atoms with Gasteiger partial charge in [0, 0.05) is 19.2 Å². The molecule has 1 amide bonds. The van der Waals surface area contributed by atoms with Crippen LogP contribution >= 0.6 is 0 Å². The van der Waals surface area contributed by atoms with Gasteiger partial charge in [0.25, 0.3) is 5.91 Å². The summed E-state index contributed by atoms with van der Waals surface area (Å²) >= 11 is 0. The maximum atomic E-state index is 12.9. The van der Waals surface area contributed by atoms with E-state index in [1.54, 1.807) is 0 Å². The van der Waals surface area contributed by atoms with Crippen LogP contribution in [0.4, 0.5) is 0 Å². The lowest BCUT2D eigenvalue weighted by molar-refractivity contribution is -0.147. The van der Waals surface area contributed by atoms with Crippen molar-refractivity contribution in [1.82, 2.24) is 4.90 Å². The van der Waals surface area contributed by atoms with E-state index in [1.807, 2.05) is 6.92 Å². The van der Waals surface area contributed by atoms with Crippen LogP contribution in [0.5, 0.6) is 0 Å². The first-order chi connectivity index (χ1) is 11.2. The predicted octanol–water partition coefficient (Wildman–Crippen LogP) is 2.53. The Morgan fingerprint density at radius 1 is 1.13 bits per heavy atom. The molecule has 0 N–H and O–H groups in total. The standard InChI is InChI=1S/C18H29NO4/c1-2-22-18(21)15-11-13(15)12-19(14-7-4-3-5-8-14)17(20)16-9-6-10-23-16/h13-16H,2-12H2,1H3. The van der Waals surface area contributed by atoms with Crippen molar-refractivity contribution in [3.8, 4) is 0 Å². The summed E-state index contributed by atoms with van der Waals surface area (Å²) in [5.41, 5.74) is 0. The van der Waals surface area contributed by atoms with Gasteiger partial charge in [0.15, 0.2) is 0 Å². The van der Waals surface area contributed by atoms with Gasteiger partial charge >= 0.3 is 5.97 Å². The molecule has 130 valence electrons. The van der Waals surface area contributed by atoms with E-state index in [0.717, 1.165) is 32.1 Å². The van der Waals surface area contributed by atoms with Gasteiger partial charge in [-0.15, -0.1) is 0 Å². The molecule has 0 radical (unpaired) electrons. The van der Waals surface area contributed by atoms with E-state index in [-0.39, 0.29) is 29.8 Å². The lowest BCUT2D eigenvalue weighted by Gasteiger charge is -2.36. The van der Waals surface area contributed by atoms with Gasteiger partial charge < -0.3 is 14.4 Å². The maximum absolute atomic E-state index is 12.9. The van der Waals surface area contributed by atoms with Crippen LogP contribution < -0.4 is 0 Å². The summed E-state index contributed by atoms with van der Waals surface area (Å²) in [7, 11) is 0. The molecule has 3 fully saturated rings. The van der Waals surface area contributed by atoms with Crippen molar-refractivity contribution in [3.05, 3.63) is 0 Å². The molecule has 0 spiro atoms. The molecule has 1 heterocycles. The number of amides is 1. The Labute approximate surface area is 138 Å². The molecule has 5 heteroatoms. The minimum absolute atomic E-state index is 0.00154. The molecule has 5 nitrogen and oxygen atoms in total. The summed E-state index contributed by atoms with van der Waals surface area (Å²) in [6, 6.07) is 0.337. The lowest BCUT2D eigenvalue weighted by Crippen LogP contribution is -2.47. The van der Waals surface area contributed by atoms with E-state index in [9.17, 15) is 9.59 Å². The van der Waals surface area contributed by atoms with Gasteiger partial charge in [-0.1, -0.05) is 19.3 Å². The van der Waals surface area contributed by atoms with Gasteiger partial charge in [-0.2, -0.15) is 0 Å². The first-order valence-electron chi connectivity index (χ1n) is 9.29. The average Bonchev–Trinajstić information content (AvgIpc) is 3.13. The molecular weight excluding hydrogens is 294 g/mol. The van der Waals surface area contributed by atoms with Crippen LogP contribution in [0.25, 0.3) is 0 Å². The predicted molar refractivity (Wildman–Crippen MR) is 85.8 cm³/mol. The Bertz CT molecular complexity index is 427. The van der Waals surface area contributed by atoms with Gasteiger partial charge in [-0.05, 0) is 44.9 Å². The SMILES string of the molecule is CCOC(=O)C1CC1CN(C(=O)C1CCCO1)C1CCCCC1. The van der Waals surface area contributed by atoms with E-state index in [0.29, 0.717) is 25.8 Å². The van der Waals surface area contributed by atoms with Gasteiger partial charge in [0.05, 0.1) is 12.5 Å². The van der Waals surface area contributed by atoms with Crippen LogP contribution in [0.1, 0.15) is 58.3 Å². The number of rotatable bonds is 6. The highest BCUT2D eigenvalue weighted by Crippen LogP contribution is 2.41. The molecule has 3 aliphatic rings. The lowest BCUT2D eigenvalue weighted by atomic mass is 9.93. The number of carbonyl (C=O) groups excluding carboxylic acids is 2. The molecule has 1 saturated heterocycles. The molecule has 23 heavy (non-hydrogen) atoms. The maximum Gasteiger partial charge on any atom is 0.309 e. The Morgan fingerprint density at radius 2 is 1.91 bits per heavy atom. The highest BCUT2D eigenvalue weighted by molar-refractivity contribution is 5.82. The summed E-state index contributed by atoms with van der Waals surface area (Å²) in [4.78, 5) is 26.8. The Hall–Kier alpha value is -1.10. The number of hydrogen-bond donors (Lipinski definition) is 0. The Balaban J connectivity index is 1.61. The minimum atomic E-state index is -0.253. The van der Waals surface area contributed by atoms with Crippen LogP contribution in [0.2, 0.25) is 0 Å². The monoisotopic (exact) mass is 323 g/mol. The number of carbonyl (C=O) groups is 2. The van der Waals surface area contributed by atoms with E-state index in [4.69, 9.17) is 9.47 Å². The molecule has 0 bridgehead atoms. The van der Waals surface area contributed by atoms with Gasteiger partial charge in [0.2, 0.25) is 0 Å². The molecular formula is C18H29NO4. The van der Waals surface area contributed by atoms with Crippen LogP contribution in [-0.4, -0.2) is 48.7 Å². The third kappa shape index (κ3) is 4.06. The summed E-state index contributed by atoms with van der Waals surface area (Å²) in [6.45, 7) is 3.67. The molecule has 0 aromatic carbocycles. The molecule has 3 unspecified atom stereocenters. The fourth-order valence-electron chi connectivity index (χ4n) is 4.01. The third-order valence-electron chi connectivity index (χ3n) is 5.45. The Morgan fingerprint density at radius 3 is 2.57 bits per heavy atom. The van der Waals surface area contributed by atoms with Crippen LogP contribution in [0.3, 0.4) is 0 Å². The van der Waals surface area contributed by atoms with E-state index >= 15 is 0 Å². The molecule has 0 aromatic rings. The van der Waals surface area contributed by atoms with Gasteiger partial charge in [-0.25, -0.2) is 0 Å². The van der Waals surface area contributed by atoms with Crippen molar-refractivity contribution in [2.24, 2.45) is 11.8 Å². The second kappa shape index (κ2) is 7.65. The molecule has 1 aliphatic heterocycles. The highest BCUT2D eigenvalue weighted by atomic mass is 16.5. The zero-order valence-corrected chi connectivity index (χ0v) is 14.2. The van der Waals surface area contributed by atoms with Gasteiger partial charge in [0.1, 0.15) is 6.10 Å². The van der Waals surface area contributed by atoms with E-state index in [1.165, 1.54) is 19.3 Å². The molecule has 3 atom stereocenters. The van der Waals surface area contributed by atoms with Crippen molar-refractivity contribution < 1.29 is 19.1 Å². The quantitative estimate of drug-likeness (QED) is 0.705. The van der Waals surface area contributed by atoms with Crippen LogP contribution in [-0.2, 0) is 19.1 Å². The fraction of sp³-hybridized carbons (Fsp3) is 0.889. The smallest absolute Gasteiger partial charge is 0.309 e.